The molecule has 0 N–H and O–H groups in total. The van der Waals surface area contributed by atoms with Crippen LogP contribution in [-0.4, -0.2) is 19.5 Å². The molecular weight excluding hydrogens is 701 g/mol. The van der Waals surface area contributed by atoms with Crippen LogP contribution in [0.2, 0.25) is 0 Å². The number of para-hydroxylation sites is 1. The van der Waals surface area contributed by atoms with Crippen LogP contribution >= 0.6 is 11.3 Å². The third-order valence-corrected chi connectivity index (χ3v) is 13.5. The van der Waals surface area contributed by atoms with E-state index in [4.69, 9.17) is 15.0 Å². The van der Waals surface area contributed by atoms with Crippen LogP contribution in [-0.2, 0) is 10.8 Å². The fraction of sp³-hybridized carbons (Fsp3) is 0.157. The first-order valence-electron chi connectivity index (χ1n) is 19.6. The zero-order chi connectivity index (χ0) is 37.8. The topological polar surface area (TPSA) is 43.6 Å². The molecule has 3 aromatic heterocycles. The molecule has 5 heteroatoms. The highest BCUT2D eigenvalue weighted by molar-refractivity contribution is 7.25. The summed E-state index contributed by atoms with van der Waals surface area (Å²) >= 11 is 1.82. The number of hydrogen-bond acceptors (Lipinski definition) is 4. The molecule has 0 spiro atoms. The molecule has 11 rings (SSSR count). The average molecular weight is 741 g/mol. The second kappa shape index (κ2) is 12.2. The molecule has 56 heavy (non-hydrogen) atoms. The lowest BCUT2D eigenvalue weighted by molar-refractivity contribution is 0.332. The lowest BCUT2D eigenvalue weighted by Gasteiger charge is -2.42. The van der Waals surface area contributed by atoms with E-state index >= 15 is 0 Å². The second-order valence-electron chi connectivity index (χ2n) is 16.7. The number of aromatic nitrogens is 4. The monoisotopic (exact) mass is 740 g/mol. The second-order valence-corrected chi connectivity index (χ2v) is 17.8. The number of rotatable bonds is 4. The maximum Gasteiger partial charge on any atom is 0.164 e. The van der Waals surface area contributed by atoms with Gasteiger partial charge in [0.2, 0.25) is 0 Å². The van der Waals surface area contributed by atoms with Gasteiger partial charge in [0.25, 0.3) is 0 Å². The van der Waals surface area contributed by atoms with E-state index < -0.39 is 0 Å². The molecule has 0 fully saturated rings. The Hall–Kier alpha value is -6.17. The minimum atomic E-state index is 0.115. The van der Waals surface area contributed by atoms with Crippen molar-refractivity contribution in [2.24, 2.45) is 0 Å². The van der Waals surface area contributed by atoms with Crippen LogP contribution < -0.4 is 0 Å². The molecule has 1 aliphatic rings. The maximum atomic E-state index is 5.20. The van der Waals surface area contributed by atoms with E-state index in [9.17, 15) is 0 Å². The highest BCUT2D eigenvalue weighted by Gasteiger charge is 2.38. The molecule has 0 saturated heterocycles. The van der Waals surface area contributed by atoms with Gasteiger partial charge in [-0.3, -0.25) is 0 Å². The predicted octanol–water partition coefficient (Wildman–Crippen LogP) is 13.8. The van der Waals surface area contributed by atoms with Crippen LogP contribution in [0.3, 0.4) is 0 Å². The van der Waals surface area contributed by atoms with E-state index in [1.54, 1.807) is 0 Å². The Bertz CT molecular complexity index is 3200. The smallest absolute Gasteiger partial charge is 0.164 e. The van der Waals surface area contributed by atoms with Gasteiger partial charge in [-0.2, -0.15) is 0 Å². The fourth-order valence-corrected chi connectivity index (χ4v) is 10.2. The number of thiophene rings is 1. The molecule has 0 bridgehead atoms. The fourth-order valence-electron chi connectivity index (χ4n) is 9.11. The summed E-state index contributed by atoms with van der Waals surface area (Å²) in [6.07, 6.45) is 2.37. The highest BCUT2D eigenvalue weighted by Crippen LogP contribution is 2.48. The van der Waals surface area contributed by atoms with Crippen LogP contribution in [0.25, 0.3) is 92.6 Å². The minimum absolute atomic E-state index is 0.115. The molecule has 1 aliphatic carbocycles. The Labute approximate surface area is 330 Å². The Morgan fingerprint density at radius 2 is 1.07 bits per heavy atom. The zero-order valence-electron chi connectivity index (χ0n) is 32.0. The molecule has 3 heterocycles. The Kier molecular flexibility index (Phi) is 7.21. The van der Waals surface area contributed by atoms with Crippen LogP contribution in [0, 0.1) is 0 Å². The first kappa shape index (κ1) is 33.2. The van der Waals surface area contributed by atoms with Crippen molar-refractivity contribution in [2.45, 2.75) is 51.4 Å². The molecular formula is C51H40N4S. The Morgan fingerprint density at radius 1 is 0.464 bits per heavy atom. The third kappa shape index (κ3) is 5.14. The number of hydrogen-bond donors (Lipinski definition) is 0. The van der Waals surface area contributed by atoms with Crippen molar-refractivity contribution in [3.63, 3.8) is 0 Å². The average Bonchev–Trinajstić information content (AvgIpc) is 3.77. The van der Waals surface area contributed by atoms with Gasteiger partial charge in [-0.15, -0.1) is 11.3 Å². The van der Waals surface area contributed by atoms with Crippen molar-refractivity contribution in [1.29, 1.82) is 0 Å². The van der Waals surface area contributed by atoms with E-state index in [0.29, 0.717) is 17.5 Å². The summed E-state index contributed by atoms with van der Waals surface area (Å²) < 4.78 is 4.97. The van der Waals surface area contributed by atoms with Crippen molar-refractivity contribution in [3.8, 4) is 39.9 Å². The van der Waals surface area contributed by atoms with Gasteiger partial charge in [0.05, 0.1) is 11.0 Å². The molecule has 0 saturated carbocycles. The van der Waals surface area contributed by atoms with E-state index in [0.717, 1.165) is 33.2 Å². The van der Waals surface area contributed by atoms with Gasteiger partial charge in [0, 0.05) is 53.3 Å². The normalized spacial score (nSPS) is 14.9. The number of nitrogens with zero attached hydrogens (tertiary/aromatic N) is 4. The highest BCUT2D eigenvalue weighted by atomic mass is 32.1. The van der Waals surface area contributed by atoms with Gasteiger partial charge in [0.1, 0.15) is 0 Å². The first-order chi connectivity index (χ1) is 27.2. The SMILES string of the molecule is CC1(C)CCC(C)(C)c2cc3c(cc21)c1ccccc1n3-c1ccc(-c2nc(-c3ccc4sc5ccccc5c4c3)nc(-c3cccc4ccccc34)n2)cc1. The number of fused-ring (bicyclic) bond motifs is 8. The molecule has 0 aliphatic heterocycles. The largest absolute Gasteiger partial charge is 0.309 e. The molecule has 270 valence electrons. The van der Waals surface area contributed by atoms with Crippen LogP contribution in [0.15, 0.2) is 146 Å². The van der Waals surface area contributed by atoms with Gasteiger partial charge in [-0.05, 0) is 112 Å². The molecule has 10 aromatic rings. The van der Waals surface area contributed by atoms with Crippen molar-refractivity contribution in [2.75, 3.05) is 0 Å². The van der Waals surface area contributed by atoms with Crippen molar-refractivity contribution >= 4 is 64.1 Å². The summed E-state index contributed by atoms with van der Waals surface area (Å²) in [5.41, 5.74) is 9.70. The number of benzene rings is 7. The Morgan fingerprint density at radius 3 is 1.88 bits per heavy atom. The zero-order valence-corrected chi connectivity index (χ0v) is 32.8. The third-order valence-electron chi connectivity index (χ3n) is 12.3. The van der Waals surface area contributed by atoms with Crippen molar-refractivity contribution < 1.29 is 0 Å². The van der Waals surface area contributed by atoms with Gasteiger partial charge < -0.3 is 4.57 Å². The molecule has 4 nitrogen and oxygen atoms in total. The lowest BCUT2D eigenvalue weighted by atomic mass is 9.63. The van der Waals surface area contributed by atoms with Gasteiger partial charge in [-0.25, -0.2) is 15.0 Å². The summed E-state index contributed by atoms with van der Waals surface area (Å²) in [5, 5.41) is 7.35. The summed E-state index contributed by atoms with van der Waals surface area (Å²) in [6.45, 7) is 9.63. The maximum absolute atomic E-state index is 5.20. The quantitative estimate of drug-likeness (QED) is 0.180. The van der Waals surface area contributed by atoms with Crippen LogP contribution in [0.5, 0.6) is 0 Å². The van der Waals surface area contributed by atoms with Crippen LogP contribution in [0.4, 0.5) is 0 Å². The molecule has 7 aromatic carbocycles. The summed E-state index contributed by atoms with van der Waals surface area (Å²) in [7, 11) is 0. The van der Waals surface area contributed by atoms with Gasteiger partial charge in [-0.1, -0.05) is 107 Å². The predicted molar refractivity (Wildman–Crippen MR) is 236 cm³/mol. The summed E-state index contributed by atoms with van der Waals surface area (Å²) in [6, 6.07) is 52.6. The molecule has 0 amide bonds. The van der Waals surface area contributed by atoms with E-state index in [1.807, 2.05) is 11.3 Å². The van der Waals surface area contributed by atoms with E-state index in [-0.39, 0.29) is 10.8 Å². The summed E-state index contributed by atoms with van der Waals surface area (Å²) in [4.78, 5) is 15.6. The minimum Gasteiger partial charge on any atom is -0.309 e. The first-order valence-corrected chi connectivity index (χ1v) is 20.4. The van der Waals surface area contributed by atoms with Crippen molar-refractivity contribution in [1.82, 2.24) is 19.5 Å². The lowest BCUT2D eigenvalue weighted by Crippen LogP contribution is -2.33. The molecule has 0 radical (unpaired) electrons. The van der Waals surface area contributed by atoms with E-state index in [2.05, 4.69) is 178 Å². The van der Waals surface area contributed by atoms with Gasteiger partial charge in [0.15, 0.2) is 17.5 Å². The van der Waals surface area contributed by atoms with Gasteiger partial charge >= 0.3 is 0 Å². The summed E-state index contributed by atoms with van der Waals surface area (Å²) in [5.74, 6) is 1.98. The van der Waals surface area contributed by atoms with Crippen LogP contribution in [0.1, 0.15) is 51.7 Å². The van der Waals surface area contributed by atoms with Crippen molar-refractivity contribution in [3.05, 3.63) is 157 Å². The van der Waals surface area contributed by atoms with E-state index in [1.165, 1.54) is 65.9 Å². The molecule has 0 atom stereocenters. The molecule has 0 unspecified atom stereocenters. The standard InChI is InChI=1S/C51H40N4S/c1-50(2)26-27-51(3,4)42-30-44-39(29-41(42)50)36-15-7-9-18-43(36)55(44)34-23-20-32(21-24-34)47-52-48(33-22-25-46-40(28-33)37-16-8-10-19-45(37)56-46)54-49(53-47)38-17-11-13-31-12-5-6-14-35(31)38/h5-25,28-30H,26-27H2,1-4H3. The Balaban J connectivity index is 1.08.